The van der Waals surface area contributed by atoms with Gasteiger partial charge in [0, 0.05) is 10.6 Å². The van der Waals surface area contributed by atoms with E-state index >= 15 is 0 Å². The number of hydrogen-bond acceptors (Lipinski definition) is 3. The van der Waals surface area contributed by atoms with Gasteiger partial charge < -0.3 is 10.8 Å². The van der Waals surface area contributed by atoms with Crippen molar-refractivity contribution in [3.63, 3.8) is 0 Å². The summed E-state index contributed by atoms with van der Waals surface area (Å²) in [7, 11) is 0. The highest BCUT2D eigenvalue weighted by molar-refractivity contribution is 7.99. The molecule has 0 radical (unpaired) electrons. The first kappa shape index (κ1) is 12.1. The molecule has 82 valence electrons. The van der Waals surface area contributed by atoms with Crippen LogP contribution >= 0.6 is 11.8 Å². The number of carboxylic acid groups (broad SMARTS) is 1. The van der Waals surface area contributed by atoms with Gasteiger partial charge in [-0.25, -0.2) is 0 Å². The predicted molar refractivity (Wildman–Crippen MR) is 62.1 cm³/mol. The second-order valence-electron chi connectivity index (χ2n) is 3.39. The van der Waals surface area contributed by atoms with Crippen LogP contribution in [0.4, 0.5) is 0 Å². The molecular formula is C11H15NO2S. The number of carboxylic acids is 1. The van der Waals surface area contributed by atoms with Gasteiger partial charge in [0.25, 0.3) is 0 Å². The zero-order valence-corrected chi connectivity index (χ0v) is 9.46. The van der Waals surface area contributed by atoms with Gasteiger partial charge >= 0.3 is 5.97 Å². The topological polar surface area (TPSA) is 63.3 Å². The van der Waals surface area contributed by atoms with E-state index in [1.807, 2.05) is 31.2 Å². The molecule has 3 nitrogen and oxygen atoms in total. The number of carbonyl (C=O) groups is 1. The highest BCUT2D eigenvalue weighted by Gasteiger charge is 2.10. The van der Waals surface area contributed by atoms with Crippen LogP contribution in [0, 0.1) is 6.92 Å². The van der Waals surface area contributed by atoms with Gasteiger partial charge in [-0.05, 0) is 25.5 Å². The number of benzene rings is 1. The van der Waals surface area contributed by atoms with Crippen LogP contribution in [-0.4, -0.2) is 22.9 Å². The Labute approximate surface area is 93.7 Å². The van der Waals surface area contributed by atoms with Crippen LogP contribution < -0.4 is 5.73 Å². The summed E-state index contributed by atoms with van der Waals surface area (Å²) in [5.74, 6) is -0.198. The molecule has 0 aliphatic rings. The Morgan fingerprint density at radius 3 is 2.60 bits per heavy atom. The van der Waals surface area contributed by atoms with Crippen molar-refractivity contribution in [1.82, 2.24) is 0 Å². The number of aliphatic carboxylic acids is 1. The molecule has 1 unspecified atom stereocenters. The van der Waals surface area contributed by atoms with E-state index in [1.165, 1.54) is 5.56 Å². The lowest BCUT2D eigenvalue weighted by molar-refractivity contribution is -0.138. The van der Waals surface area contributed by atoms with Crippen LogP contribution in [0.2, 0.25) is 0 Å². The normalized spacial score (nSPS) is 12.4. The predicted octanol–water partition coefficient (Wildman–Crippen LogP) is 1.89. The summed E-state index contributed by atoms with van der Waals surface area (Å²) >= 11 is 1.63. The van der Waals surface area contributed by atoms with E-state index in [9.17, 15) is 4.79 Å². The first-order chi connectivity index (χ1) is 7.09. The van der Waals surface area contributed by atoms with Gasteiger partial charge in [-0.15, -0.1) is 11.8 Å². The van der Waals surface area contributed by atoms with Crippen LogP contribution in [0.3, 0.4) is 0 Å². The number of aryl methyl sites for hydroxylation is 1. The number of nitrogens with two attached hydrogens (primary N) is 1. The minimum absolute atomic E-state index is 0.494. The first-order valence-electron chi connectivity index (χ1n) is 4.77. The summed E-state index contributed by atoms with van der Waals surface area (Å²) in [5.41, 5.74) is 6.62. The average Bonchev–Trinajstić information content (AvgIpc) is 2.20. The van der Waals surface area contributed by atoms with E-state index in [1.54, 1.807) is 11.8 Å². The molecule has 0 fully saturated rings. The fourth-order valence-corrected chi connectivity index (χ4v) is 2.00. The highest BCUT2D eigenvalue weighted by Crippen LogP contribution is 2.19. The summed E-state index contributed by atoms with van der Waals surface area (Å²) in [4.78, 5) is 11.6. The maximum atomic E-state index is 10.5. The van der Waals surface area contributed by atoms with E-state index in [0.717, 1.165) is 10.6 Å². The number of thioether (sulfide) groups is 1. The molecule has 0 heterocycles. The fraction of sp³-hybridized carbons (Fsp3) is 0.364. The Morgan fingerprint density at radius 2 is 2.07 bits per heavy atom. The van der Waals surface area contributed by atoms with Crippen molar-refractivity contribution < 1.29 is 9.90 Å². The van der Waals surface area contributed by atoms with Crippen molar-refractivity contribution >= 4 is 17.7 Å². The second-order valence-corrected chi connectivity index (χ2v) is 4.56. The maximum absolute atomic E-state index is 10.5. The molecule has 0 amide bonds. The fourth-order valence-electron chi connectivity index (χ4n) is 1.06. The molecule has 1 aromatic rings. The van der Waals surface area contributed by atoms with Crippen LogP contribution in [0.5, 0.6) is 0 Å². The second kappa shape index (κ2) is 5.78. The molecule has 1 aromatic carbocycles. The van der Waals surface area contributed by atoms with Gasteiger partial charge in [-0.1, -0.05) is 17.7 Å². The molecule has 0 aliphatic heterocycles. The van der Waals surface area contributed by atoms with Gasteiger partial charge in [-0.3, -0.25) is 4.79 Å². The zero-order valence-electron chi connectivity index (χ0n) is 8.64. The smallest absolute Gasteiger partial charge is 0.320 e. The van der Waals surface area contributed by atoms with Crippen LogP contribution in [0.25, 0.3) is 0 Å². The van der Waals surface area contributed by atoms with Gasteiger partial charge in [0.05, 0.1) is 0 Å². The van der Waals surface area contributed by atoms with Crippen LogP contribution in [-0.2, 0) is 4.79 Å². The lowest BCUT2D eigenvalue weighted by Gasteiger charge is -2.05. The molecule has 4 heteroatoms. The molecule has 3 N–H and O–H groups in total. The summed E-state index contributed by atoms with van der Waals surface area (Å²) in [6.45, 7) is 2.04. The van der Waals surface area contributed by atoms with E-state index in [4.69, 9.17) is 10.8 Å². The maximum Gasteiger partial charge on any atom is 0.320 e. The first-order valence-corrected chi connectivity index (χ1v) is 5.76. The lowest BCUT2D eigenvalue weighted by Crippen LogP contribution is -2.30. The van der Waals surface area contributed by atoms with Crippen LogP contribution in [0.15, 0.2) is 29.2 Å². The van der Waals surface area contributed by atoms with E-state index in [0.29, 0.717) is 6.42 Å². The molecule has 0 spiro atoms. The largest absolute Gasteiger partial charge is 0.480 e. The minimum Gasteiger partial charge on any atom is -0.480 e. The SMILES string of the molecule is Cc1ccc(SCCC(N)C(=O)O)cc1. The average molecular weight is 225 g/mol. The molecule has 15 heavy (non-hydrogen) atoms. The standard InChI is InChI=1S/C11H15NO2S/c1-8-2-4-9(5-3-8)15-7-6-10(12)11(13)14/h2-5,10H,6-7,12H2,1H3,(H,13,14). The Kier molecular flexibility index (Phi) is 4.65. The quantitative estimate of drug-likeness (QED) is 0.751. The summed E-state index contributed by atoms with van der Waals surface area (Å²) < 4.78 is 0. The summed E-state index contributed by atoms with van der Waals surface area (Å²) in [6.07, 6.45) is 0.494. The van der Waals surface area contributed by atoms with E-state index in [2.05, 4.69) is 0 Å². The summed E-state index contributed by atoms with van der Waals surface area (Å²) in [5, 5.41) is 8.58. The lowest BCUT2D eigenvalue weighted by atomic mass is 10.2. The van der Waals surface area contributed by atoms with E-state index in [-0.39, 0.29) is 0 Å². The van der Waals surface area contributed by atoms with Crippen molar-refractivity contribution in [1.29, 1.82) is 0 Å². The third-order valence-corrected chi connectivity index (χ3v) is 3.08. The van der Waals surface area contributed by atoms with Crippen LogP contribution in [0.1, 0.15) is 12.0 Å². The van der Waals surface area contributed by atoms with Crippen molar-refractivity contribution in [2.75, 3.05) is 5.75 Å². The highest BCUT2D eigenvalue weighted by atomic mass is 32.2. The van der Waals surface area contributed by atoms with Crippen molar-refractivity contribution in [3.05, 3.63) is 29.8 Å². The molecule has 0 aliphatic carbocycles. The van der Waals surface area contributed by atoms with Gasteiger partial charge in [0.15, 0.2) is 0 Å². The Hall–Kier alpha value is -1.00. The molecule has 1 atom stereocenters. The Morgan fingerprint density at radius 1 is 1.47 bits per heavy atom. The number of rotatable bonds is 5. The Bertz CT molecular complexity index is 324. The zero-order chi connectivity index (χ0) is 11.3. The molecule has 1 rings (SSSR count). The van der Waals surface area contributed by atoms with Crippen molar-refractivity contribution in [3.8, 4) is 0 Å². The van der Waals surface area contributed by atoms with Gasteiger partial charge in [0.2, 0.25) is 0 Å². The third kappa shape index (κ3) is 4.36. The Balaban J connectivity index is 2.32. The molecule has 0 saturated heterocycles. The minimum atomic E-state index is -0.931. The monoisotopic (exact) mass is 225 g/mol. The third-order valence-electron chi connectivity index (χ3n) is 2.04. The molecule has 0 aromatic heterocycles. The number of hydrogen-bond donors (Lipinski definition) is 2. The van der Waals surface area contributed by atoms with Crippen molar-refractivity contribution in [2.45, 2.75) is 24.3 Å². The summed E-state index contributed by atoms with van der Waals surface area (Å²) in [6, 6.07) is 7.40. The molecule has 0 bridgehead atoms. The molecular weight excluding hydrogens is 210 g/mol. The molecule has 0 saturated carbocycles. The van der Waals surface area contributed by atoms with Gasteiger partial charge in [-0.2, -0.15) is 0 Å². The van der Waals surface area contributed by atoms with Crippen molar-refractivity contribution in [2.24, 2.45) is 5.73 Å². The van der Waals surface area contributed by atoms with Gasteiger partial charge in [0.1, 0.15) is 6.04 Å². The van der Waals surface area contributed by atoms with E-state index < -0.39 is 12.0 Å².